The van der Waals surface area contributed by atoms with Crippen LogP contribution in [0.4, 0.5) is 6.01 Å². The van der Waals surface area contributed by atoms with Crippen LogP contribution in [0.3, 0.4) is 0 Å². The zero-order valence-corrected chi connectivity index (χ0v) is 14.0. The molecular weight excluding hydrogens is 330 g/mol. The van der Waals surface area contributed by atoms with Gasteiger partial charge in [-0.15, -0.1) is 5.10 Å². The SMILES string of the molecule is Cc1ccc(-c2cccc(C(=O)Nc3nnc(-c4ccco4)o3)c2)cc1. The fraction of sp³-hybridized carbons (Fsp3) is 0.0500. The molecule has 0 unspecified atom stereocenters. The molecule has 128 valence electrons. The van der Waals surface area contributed by atoms with E-state index in [-0.39, 0.29) is 17.8 Å². The van der Waals surface area contributed by atoms with Gasteiger partial charge < -0.3 is 8.83 Å². The molecule has 0 fully saturated rings. The van der Waals surface area contributed by atoms with Gasteiger partial charge >= 0.3 is 6.01 Å². The van der Waals surface area contributed by atoms with E-state index in [9.17, 15) is 4.79 Å². The predicted octanol–water partition coefficient (Wildman–Crippen LogP) is 4.56. The Balaban J connectivity index is 1.53. The lowest BCUT2D eigenvalue weighted by atomic mass is 10.0. The van der Waals surface area contributed by atoms with Crippen LogP contribution in [0.25, 0.3) is 22.8 Å². The predicted molar refractivity (Wildman–Crippen MR) is 96.6 cm³/mol. The van der Waals surface area contributed by atoms with Gasteiger partial charge in [-0.2, -0.15) is 0 Å². The van der Waals surface area contributed by atoms with Gasteiger partial charge in [0.05, 0.1) is 6.26 Å². The fourth-order valence-corrected chi connectivity index (χ4v) is 2.53. The van der Waals surface area contributed by atoms with E-state index in [2.05, 4.69) is 15.5 Å². The van der Waals surface area contributed by atoms with Crippen LogP contribution in [-0.2, 0) is 0 Å². The highest BCUT2D eigenvalue weighted by Gasteiger charge is 2.14. The number of hydrogen-bond donors (Lipinski definition) is 1. The van der Waals surface area contributed by atoms with Crippen molar-refractivity contribution in [2.75, 3.05) is 5.32 Å². The topological polar surface area (TPSA) is 81.2 Å². The van der Waals surface area contributed by atoms with Crippen LogP contribution in [-0.4, -0.2) is 16.1 Å². The fourth-order valence-electron chi connectivity index (χ4n) is 2.53. The molecule has 1 amide bonds. The second-order valence-electron chi connectivity index (χ2n) is 5.79. The average molecular weight is 345 g/mol. The van der Waals surface area contributed by atoms with Gasteiger partial charge in [-0.25, -0.2) is 0 Å². The molecule has 0 saturated carbocycles. The molecule has 2 aromatic heterocycles. The molecule has 0 bridgehead atoms. The van der Waals surface area contributed by atoms with E-state index in [1.807, 2.05) is 49.4 Å². The highest BCUT2D eigenvalue weighted by Crippen LogP contribution is 2.23. The Morgan fingerprint density at radius 3 is 2.58 bits per heavy atom. The summed E-state index contributed by atoms with van der Waals surface area (Å²) in [5.41, 5.74) is 3.69. The van der Waals surface area contributed by atoms with Gasteiger partial charge in [0.2, 0.25) is 0 Å². The second kappa shape index (κ2) is 6.68. The molecule has 2 heterocycles. The lowest BCUT2D eigenvalue weighted by molar-refractivity contribution is 0.102. The van der Waals surface area contributed by atoms with Crippen LogP contribution in [0.15, 0.2) is 75.8 Å². The maximum atomic E-state index is 12.5. The van der Waals surface area contributed by atoms with E-state index >= 15 is 0 Å². The van der Waals surface area contributed by atoms with Crippen LogP contribution in [0.1, 0.15) is 15.9 Å². The Hall–Kier alpha value is -3.67. The number of amides is 1. The minimum absolute atomic E-state index is 0.0159. The molecule has 0 radical (unpaired) electrons. The first kappa shape index (κ1) is 15.8. The van der Waals surface area contributed by atoms with Gasteiger partial charge in [0, 0.05) is 5.56 Å². The number of carbonyl (C=O) groups excluding carboxylic acids is 1. The number of carbonyl (C=O) groups is 1. The zero-order chi connectivity index (χ0) is 17.9. The standard InChI is InChI=1S/C20H15N3O3/c1-13-7-9-14(10-8-13)15-4-2-5-16(12-15)18(24)21-20-23-22-19(26-20)17-6-3-11-25-17/h2-12H,1H3,(H,21,23,24). The number of anilines is 1. The summed E-state index contributed by atoms with van der Waals surface area (Å²) in [4.78, 5) is 12.5. The number of furan rings is 1. The van der Waals surface area contributed by atoms with Crippen molar-refractivity contribution in [3.05, 3.63) is 78.1 Å². The molecule has 6 heteroatoms. The van der Waals surface area contributed by atoms with Crippen molar-refractivity contribution in [3.8, 4) is 22.8 Å². The minimum atomic E-state index is -0.325. The molecule has 4 rings (SSSR count). The van der Waals surface area contributed by atoms with E-state index in [1.54, 1.807) is 18.2 Å². The lowest BCUT2D eigenvalue weighted by Crippen LogP contribution is -2.12. The first-order valence-corrected chi connectivity index (χ1v) is 8.05. The first-order chi connectivity index (χ1) is 12.7. The van der Waals surface area contributed by atoms with Crippen molar-refractivity contribution < 1.29 is 13.6 Å². The van der Waals surface area contributed by atoms with E-state index < -0.39 is 0 Å². The van der Waals surface area contributed by atoms with Crippen molar-refractivity contribution in [1.29, 1.82) is 0 Å². The third-order valence-electron chi connectivity index (χ3n) is 3.89. The normalized spacial score (nSPS) is 10.7. The molecule has 0 atom stereocenters. The summed E-state index contributed by atoms with van der Waals surface area (Å²) < 4.78 is 10.6. The van der Waals surface area contributed by atoms with Crippen LogP contribution in [0, 0.1) is 6.92 Å². The molecule has 6 nitrogen and oxygen atoms in total. The summed E-state index contributed by atoms with van der Waals surface area (Å²) in [6.07, 6.45) is 1.51. The minimum Gasteiger partial charge on any atom is -0.459 e. The third kappa shape index (κ3) is 3.25. The molecular formula is C20H15N3O3. The van der Waals surface area contributed by atoms with Crippen LogP contribution in [0.5, 0.6) is 0 Å². The molecule has 4 aromatic rings. The van der Waals surface area contributed by atoms with Crippen molar-refractivity contribution >= 4 is 11.9 Å². The smallest absolute Gasteiger partial charge is 0.322 e. The van der Waals surface area contributed by atoms with Crippen molar-refractivity contribution in [2.45, 2.75) is 6.92 Å². The number of aryl methyl sites for hydroxylation is 1. The van der Waals surface area contributed by atoms with E-state index in [0.717, 1.165) is 11.1 Å². The largest absolute Gasteiger partial charge is 0.459 e. The number of benzene rings is 2. The monoisotopic (exact) mass is 345 g/mol. The number of aromatic nitrogens is 2. The Morgan fingerprint density at radius 2 is 1.81 bits per heavy atom. The summed E-state index contributed by atoms with van der Waals surface area (Å²) in [5.74, 6) is 0.326. The first-order valence-electron chi connectivity index (χ1n) is 8.05. The number of hydrogen-bond acceptors (Lipinski definition) is 5. The highest BCUT2D eigenvalue weighted by molar-refractivity contribution is 6.03. The van der Waals surface area contributed by atoms with Gasteiger partial charge in [0.25, 0.3) is 11.8 Å². The number of rotatable bonds is 4. The Morgan fingerprint density at radius 1 is 0.962 bits per heavy atom. The molecule has 0 saturated heterocycles. The summed E-state index contributed by atoms with van der Waals surface area (Å²) in [6, 6.07) is 18.9. The summed E-state index contributed by atoms with van der Waals surface area (Å²) in [7, 11) is 0. The summed E-state index contributed by atoms with van der Waals surface area (Å²) >= 11 is 0. The quantitative estimate of drug-likeness (QED) is 0.586. The molecule has 0 aliphatic rings. The van der Waals surface area contributed by atoms with Gasteiger partial charge in [0.1, 0.15) is 0 Å². The summed E-state index contributed by atoms with van der Waals surface area (Å²) in [5, 5.41) is 10.3. The summed E-state index contributed by atoms with van der Waals surface area (Å²) in [6.45, 7) is 2.04. The van der Waals surface area contributed by atoms with E-state index in [1.165, 1.54) is 11.8 Å². The Bertz CT molecular complexity index is 1030. The zero-order valence-electron chi connectivity index (χ0n) is 14.0. The molecule has 2 aromatic carbocycles. The van der Waals surface area contributed by atoms with Crippen LogP contribution in [0.2, 0.25) is 0 Å². The molecule has 1 N–H and O–H groups in total. The lowest BCUT2D eigenvalue weighted by Gasteiger charge is -2.05. The van der Waals surface area contributed by atoms with Crippen molar-refractivity contribution in [2.24, 2.45) is 0 Å². The second-order valence-corrected chi connectivity index (χ2v) is 5.79. The molecule has 0 spiro atoms. The molecule has 0 aliphatic heterocycles. The van der Waals surface area contributed by atoms with Crippen LogP contribution < -0.4 is 5.32 Å². The average Bonchev–Trinajstić information content (AvgIpc) is 3.34. The number of nitrogens with zero attached hydrogens (tertiary/aromatic N) is 2. The Kier molecular flexibility index (Phi) is 4.07. The van der Waals surface area contributed by atoms with Crippen molar-refractivity contribution in [1.82, 2.24) is 10.2 Å². The van der Waals surface area contributed by atoms with Gasteiger partial charge in [0.15, 0.2) is 5.76 Å². The molecule has 0 aliphatic carbocycles. The van der Waals surface area contributed by atoms with Crippen molar-refractivity contribution in [3.63, 3.8) is 0 Å². The van der Waals surface area contributed by atoms with Gasteiger partial charge in [-0.1, -0.05) is 47.1 Å². The molecule has 26 heavy (non-hydrogen) atoms. The van der Waals surface area contributed by atoms with Gasteiger partial charge in [-0.3, -0.25) is 10.1 Å². The maximum absolute atomic E-state index is 12.5. The third-order valence-corrected chi connectivity index (χ3v) is 3.89. The van der Waals surface area contributed by atoms with E-state index in [0.29, 0.717) is 11.3 Å². The van der Waals surface area contributed by atoms with Gasteiger partial charge in [-0.05, 0) is 42.3 Å². The highest BCUT2D eigenvalue weighted by atomic mass is 16.4. The maximum Gasteiger partial charge on any atom is 0.322 e. The Labute approximate surface area is 149 Å². The number of nitrogens with one attached hydrogen (secondary N) is 1. The van der Waals surface area contributed by atoms with Crippen LogP contribution >= 0.6 is 0 Å². The van der Waals surface area contributed by atoms with E-state index in [4.69, 9.17) is 8.83 Å².